The Hall–Kier alpha value is -1.89. The molecule has 1 rings (SSSR count). The molecule has 17 heavy (non-hydrogen) atoms. The van der Waals surface area contributed by atoms with E-state index in [4.69, 9.17) is 16.2 Å². The van der Waals surface area contributed by atoms with Crippen LogP contribution < -0.4 is 16.2 Å². The molecule has 0 saturated heterocycles. The Morgan fingerprint density at radius 3 is 2.35 bits per heavy atom. The predicted molar refractivity (Wildman–Crippen MR) is 66.6 cm³/mol. The molecule has 0 bridgehead atoms. The number of hydrogen-bond acceptors (Lipinski definition) is 5. The predicted octanol–water partition coefficient (Wildman–Crippen LogP) is 0.398. The van der Waals surface area contributed by atoms with E-state index in [1.54, 1.807) is 31.4 Å². The van der Waals surface area contributed by atoms with Gasteiger partial charge in [0.15, 0.2) is 12.0 Å². The van der Waals surface area contributed by atoms with Crippen molar-refractivity contribution in [1.82, 2.24) is 0 Å². The monoisotopic (exact) mass is 255 g/mol. The third-order valence-electron chi connectivity index (χ3n) is 2.02. The third-order valence-corrected chi connectivity index (χ3v) is 2.20. The Kier molecular flexibility index (Phi) is 4.65. The van der Waals surface area contributed by atoms with Crippen molar-refractivity contribution in [2.24, 2.45) is 16.5 Å². The van der Waals surface area contributed by atoms with Crippen LogP contribution in [0.25, 0.3) is 0 Å². The molecule has 6 nitrogen and oxygen atoms in total. The molecule has 0 aromatic heterocycles. The molecular weight excluding hydrogens is 242 g/mol. The zero-order valence-electron chi connectivity index (χ0n) is 9.16. The first-order chi connectivity index (χ1) is 8.08. The van der Waals surface area contributed by atoms with Crippen LogP contribution in [0.5, 0.6) is 5.75 Å². The summed E-state index contributed by atoms with van der Waals surface area (Å²) in [4.78, 5) is 15.2. The van der Waals surface area contributed by atoms with E-state index < -0.39 is 12.0 Å². The summed E-state index contributed by atoms with van der Waals surface area (Å²) in [5, 5.41) is 0. The Balaban J connectivity index is 3.04. The number of guanidine groups is 1. The number of carbonyl (C=O) groups excluding carboxylic acids is 1. The number of methoxy groups -OCH3 is 1. The van der Waals surface area contributed by atoms with Crippen molar-refractivity contribution in [2.75, 3.05) is 7.11 Å². The standard InChI is InChI=1S/C10H13N3O3S/c1-15-7-4-2-6(3-5-7)8(9(14)16-17)13-10(11)12/h2-5,8,17H,1H3,(H4,11,12,13). The highest BCUT2D eigenvalue weighted by molar-refractivity contribution is 7.75. The van der Waals surface area contributed by atoms with Gasteiger partial charge in [0, 0.05) is 12.9 Å². The van der Waals surface area contributed by atoms with Crippen LogP contribution in [-0.2, 0) is 8.98 Å². The first-order valence-corrected chi connectivity index (χ1v) is 5.03. The number of aliphatic imine (C=N–C) groups is 1. The minimum atomic E-state index is -0.927. The molecule has 1 atom stereocenters. The molecule has 1 aromatic rings. The van der Waals surface area contributed by atoms with Crippen LogP contribution in [0, 0.1) is 0 Å². The molecule has 0 fully saturated rings. The number of nitrogens with zero attached hydrogens (tertiary/aromatic N) is 1. The Morgan fingerprint density at radius 2 is 1.94 bits per heavy atom. The van der Waals surface area contributed by atoms with Gasteiger partial charge < -0.3 is 20.4 Å². The number of benzene rings is 1. The first kappa shape index (κ1) is 13.2. The molecular formula is C10H13N3O3S. The van der Waals surface area contributed by atoms with E-state index in [-0.39, 0.29) is 5.96 Å². The molecule has 92 valence electrons. The van der Waals surface area contributed by atoms with E-state index in [0.717, 1.165) is 0 Å². The average Bonchev–Trinajstić information content (AvgIpc) is 2.35. The van der Waals surface area contributed by atoms with E-state index in [0.29, 0.717) is 11.3 Å². The molecule has 0 radical (unpaired) electrons. The summed E-state index contributed by atoms with van der Waals surface area (Å²) in [5.41, 5.74) is 11.1. The largest absolute Gasteiger partial charge is 0.497 e. The molecule has 7 heteroatoms. The quantitative estimate of drug-likeness (QED) is 0.313. The van der Waals surface area contributed by atoms with Gasteiger partial charge in [0.1, 0.15) is 5.75 Å². The van der Waals surface area contributed by atoms with Gasteiger partial charge in [-0.25, -0.2) is 9.79 Å². The van der Waals surface area contributed by atoms with Gasteiger partial charge in [-0.05, 0) is 17.7 Å². The van der Waals surface area contributed by atoms with Crippen molar-refractivity contribution in [3.8, 4) is 5.75 Å². The lowest BCUT2D eigenvalue weighted by molar-refractivity contribution is -0.134. The molecule has 0 aliphatic carbocycles. The fourth-order valence-corrected chi connectivity index (χ4v) is 1.35. The van der Waals surface area contributed by atoms with E-state index in [9.17, 15) is 4.79 Å². The minimum absolute atomic E-state index is 0.204. The molecule has 0 amide bonds. The molecule has 0 saturated carbocycles. The van der Waals surface area contributed by atoms with Crippen LogP contribution in [0.15, 0.2) is 29.3 Å². The fourth-order valence-electron chi connectivity index (χ4n) is 1.25. The van der Waals surface area contributed by atoms with Gasteiger partial charge in [0.25, 0.3) is 0 Å². The van der Waals surface area contributed by atoms with Crippen molar-refractivity contribution < 1.29 is 13.7 Å². The number of rotatable bonds is 4. The summed E-state index contributed by atoms with van der Waals surface area (Å²) in [5.74, 6) is -0.201. The molecule has 0 aliphatic heterocycles. The van der Waals surface area contributed by atoms with Crippen molar-refractivity contribution >= 4 is 24.8 Å². The van der Waals surface area contributed by atoms with Crippen LogP contribution in [-0.4, -0.2) is 19.0 Å². The third kappa shape index (κ3) is 3.56. The Labute approximate surface area is 104 Å². The lowest BCUT2D eigenvalue weighted by Crippen LogP contribution is -2.25. The smallest absolute Gasteiger partial charge is 0.347 e. The summed E-state index contributed by atoms with van der Waals surface area (Å²) in [6.07, 6.45) is 0. The van der Waals surface area contributed by atoms with Gasteiger partial charge in [0.05, 0.1) is 7.11 Å². The van der Waals surface area contributed by atoms with Gasteiger partial charge in [-0.1, -0.05) is 12.1 Å². The van der Waals surface area contributed by atoms with Crippen LogP contribution in [0.3, 0.4) is 0 Å². The molecule has 0 aliphatic rings. The van der Waals surface area contributed by atoms with Gasteiger partial charge in [-0.3, -0.25) is 0 Å². The number of carbonyl (C=O) groups is 1. The van der Waals surface area contributed by atoms with Crippen LogP contribution in [0.1, 0.15) is 11.6 Å². The Morgan fingerprint density at radius 1 is 1.35 bits per heavy atom. The van der Waals surface area contributed by atoms with E-state index >= 15 is 0 Å². The SMILES string of the molecule is COc1ccc(C(N=C(N)N)C(=O)OS)cc1. The van der Waals surface area contributed by atoms with E-state index in [2.05, 4.69) is 22.1 Å². The summed E-state index contributed by atoms with van der Waals surface area (Å²) < 4.78 is 9.33. The van der Waals surface area contributed by atoms with Crippen LogP contribution in [0.4, 0.5) is 0 Å². The highest BCUT2D eigenvalue weighted by Crippen LogP contribution is 2.22. The lowest BCUT2D eigenvalue weighted by atomic mass is 10.1. The molecule has 0 heterocycles. The van der Waals surface area contributed by atoms with Gasteiger partial charge in [0.2, 0.25) is 0 Å². The van der Waals surface area contributed by atoms with Crippen molar-refractivity contribution in [3.63, 3.8) is 0 Å². The number of ether oxygens (including phenoxy) is 1. The summed E-state index contributed by atoms with van der Waals surface area (Å²) in [6, 6.07) is 5.79. The second-order valence-electron chi connectivity index (χ2n) is 3.14. The molecule has 0 spiro atoms. The Bertz CT molecular complexity index is 415. The minimum Gasteiger partial charge on any atom is -0.497 e. The summed E-state index contributed by atoms with van der Waals surface area (Å²) >= 11 is 3.44. The van der Waals surface area contributed by atoms with Crippen LogP contribution >= 0.6 is 12.9 Å². The molecule has 1 unspecified atom stereocenters. The summed E-state index contributed by atoms with van der Waals surface area (Å²) in [6.45, 7) is 0. The van der Waals surface area contributed by atoms with Gasteiger partial charge in [-0.15, -0.1) is 0 Å². The van der Waals surface area contributed by atoms with Crippen molar-refractivity contribution in [1.29, 1.82) is 0 Å². The van der Waals surface area contributed by atoms with Crippen molar-refractivity contribution in [2.45, 2.75) is 6.04 Å². The summed E-state index contributed by atoms with van der Waals surface area (Å²) in [7, 11) is 1.55. The second kappa shape index (κ2) is 6.00. The normalized spacial score (nSPS) is 11.4. The highest BCUT2D eigenvalue weighted by Gasteiger charge is 2.21. The van der Waals surface area contributed by atoms with E-state index in [1.807, 2.05) is 0 Å². The zero-order valence-corrected chi connectivity index (χ0v) is 10.1. The fraction of sp³-hybridized carbons (Fsp3) is 0.200. The zero-order chi connectivity index (χ0) is 12.8. The van der Waals surface area contributed by atoms with Crippen molar-refractivity contribution in [3.05, 3.63) is 29.8 Å². The average molecular weight is 255 g/mol. The number of nitrogens with two attached hydrogens (primary N) is 2. The number of hydrogen-bond donors (Lipinski definition) is 3. The second-order valence-corrected chi connectivity index (χ2v) is 3.32. The molecule has 4 N–H and O–H groups in total. The lowest BCUT2D eigenvalue weighted by Gasteiger charge is -2.10. The van der Waals surface area contributed by atoms with Crippen LogP contribution in [0.2, 0.25) is 0 Å². The molecule has 1 aromatic carbocycles. The van der Waals surface area contributed by atoms with Gasteiger partial charge in [-0.2, -0.15) is 0 Å². The van der Waals surface area contributed by atoms with E-state index in [1.165, 1.54) is 0 Å². The first-order valence-electron chi connectivity index (χ1n) is 4.66. The highest BCUT2D eigenvalue weighted by atomic mass is 32.1. The topological polar surface area (TPSA) is 99.9 Å². The maximum absolute atomic E-state index is 11.5. The number of thiol groups is 1. The van der Waals surface area contributed by atoms with Gasteiger partial charge >= 0.3 is 5.97 Å². The maximum atomic E-state index is 11.5. The maximum Gasteiger partial charge on any atom is 0.347 e.